The number of thioether (sulfide) groups is 1. The third kappa shape index (κ3) is 5.93. The van der Waals surface area contributed by atoms with Crippen LogP contribution in [0, 0.1) is 0 Å². The van der Waals surface area contributed by atoms with Crippen molar-refractivity contribution in [2.75, 3.05) is 18.6 Å². The molecule has 0 aliphatic carbocycles. The Hall–Kier alpha value is -2.71. The van der Waals surface area contributed by atoms with Gasteiger partial charge in [-0.15, -0.1) is 0 Å². The van der Waals surface area contributed by atoms with Gasteiger partial charge in [-0.2, -0.15) is 0 Å². The summed E-state index contributed by atoms with van der Waals surface area (Å²) in [6.45, 7) is 2.61. The molecule has 3 aromatic rings. The van der Waals surface area contributed by atoms with Crippen LogP contribution in [-0.2, 0) is 11.4 Å². The number of ether oxygens (including phenoxy) is 3. The topological polar surface area (TPSA) is 48.0 Å². The van der Waals surface area contributed by atoms with E-state index in [0.29, 0.717) is 48.8 Å². The monoisotopic (exact) mass is 545 g/mol. The van der Waals surface area contributed by atoms with Crippen molar-refractivity contribution in [3.63, 3.8) is 0 Å². The quantitative estimate of drug-likeness (QED) is 0.217. The molecule has 0 saturated carbocycles. The van der Waals surface area contributed by atoms with Crippen LogP contribution in [0.25, 0.3) is 6.08 Å². The molecule has 35 heavy (non-hydrogen) atoms. The first kappa shape index (κ1) is 25.4. The van der Waals surface area contributed by atoms with Crippen LogP contribution in [-0.4, -0.2) is 23.9 Å². The predicted molar refractivity (Wildman–Crippen MR) is 147 cm³/mol. The summed E-state index contributed by atoms with van der Waals surface area (Å²) in [4.78, 5) is 15.1. The zero-order chi connectivity index (χ0) is 24.9. The van der Waals surface area contributed by atoms with E-state index in [2.05, 4.69) is 0 Å². The molecule has 4 rings (SSSR count). The number of nitrogens with zero attached hydrogens (tertiary/aromatic N) is 1. The Labute approximate surface area is 223 Å². The molecule has 1 saturated heterocycles. The first-order chi connectivity index (χ1) is 16.9. The molecule has 3 aromatic carbocycles. The van der Waals surface area contributed by atoms with Crippen molar-refractivity contribution in [1.29, 1.82) is 0 Å². The van der Waals surface area contributed by atoms with Gasteiger partial charge in [-0.3, -0.25) is 9.69 Å². The number of amides is 1. The number of anilines is 1. The van der Waals surface area contributed by atoms with E-state index < -0.39 is 0 Å². The third-order valence-corrected chi connectivity index (χ3v) is 6.98. The molecule has 0 bridgehead atoms. The second-order valence-electron chi connectivity index (χ2n) is 7.38. The van der Waals surface area contributed by atoms with Crippen molar-refractivity contribution in [2.24, 2.45) is 0 Å². The lowest BCUT2D eigenvalue weighted by atomic mass is 10.1. The number of carbonyl (C=O) groups is 1. The Kier molecular flexibility index (Phi) is 8.23. The summed E-state index contributed by atoms with van der Waals surface area (Å²) < 4.78 is 17.4. The molecule has 1 fully saturated rings. The van der Waals surface area contributed by atoms with Gasteiger partial charge in [0.25, 0.3) is 5.91 Å². The standard InChI is InChI=1S/C26H21Cl2NO4S2/c1-3-32-23-12-16(4-11-22(23)33-15-17-5-6-18(27)14-21(17)28)13-24-25(30)29(26(34)35-24)19-7-9-20(31-2)10-8-19/h4-14H,3,15H2,1-2H3/b24-13-. The van der Waals surface area contributed by atoms with Crippen LogP contribution >= 0.6 is 47.2 Å². The van der Waals surface area contributed by atoms with Crippen molar-refractivity contribution in [1.82, 2.24) is 0 Å². The average molecular weight is 546 g/mol. The van der Waals surface area contributed by atoms with Crippen molar-refractivity contribution in [2.45, 2.75) is 13.5 Å². The van der Waals surface area contributed by atoms with E-state index in [9.17, 15) is 4.79 Å². The van der Waals surface area contributed by atoms with Gasteiger partial charge in [0.15, 0.2) is 15.8 Å². The fourth-order valence-corrected chi connectivity index (χ4v) is 5.13. The van der Waals surface area contributed by atoms with Crippen LogP contribution in [0.4, 0.5) is 5.69 Å². The van der Waals surface area contributed by atoms with Crippen LogP contribution in [0.2, 0.25) is 10.0 Å². The lowest BCUT2D eigenvalue weighted by molar-refractivity contribution is -0.113. The van der Waals surface area contributed by atoms with Gasteiger partial charge in [0.2, 0.25) is 0 Å². The summed E-state index contributed by atoms with van der Waals surface area (Å²) in [5.74, 6) is 1.66. The molecule has 1 heterocycles. The maximum absolute atomic E-state index is 13.1. The molecule has 1 aliphatic heterocycles. The van der Waals surface area contributed by atoms with E-state index in [1.54, 1.807) is 49.6 Å². The molecular formula is C26H21Cl2NO4S2. The fourth-order valence-electron chi connectivity index (χ4n) is 3.37. The molecule has 0 spiro atoms. The highest BCUT2D eigenvalue weighted by Crippen LogP contribution is 2.38. The van der Waals surface area contributed by atoms with Crippen molar-refractivity contribution >= 4 is 69.2 Å². The lowest BCUT2D eigenvalue weighted by Crippen LogP contribution is -2.27. The SMILES string of the molecule is CCOc1cc(/C=C2\SC(=S)N(c3ccc(OC)cc3)C2=O)ccc1OCc1ccc(Cl)cc1Cl. The van der Waals surface area contributed by atoms with Gasteiger partial charge in [0, 0.05) is 15.6 Å². The van der Waals surface area contributed by atoms with Gasteiger partial charge in [0.05, 0.1) is 24.3 Å². The lowest BCUT2D eigenvalue weighted by Gasteiger charge is -2.15. The normalized spacial score (nSPS) is 14.5. The summed E-state index contributed by atoms with van der Waals surface area (Å²) in [5, 5.41) is 1.10. The minimum absolute atomic E-state index is 0.180. The first-order valence-electron chi connectivity index (χ1n) is 10.6. The zero-order valence-corrected chi connectivity index (χ0v) is 22.1. The highest BCUT2D eigenvalue weighted by molar-refractivity contribution is 8.27. The number of rotatable bonds is 8. The molecule has 0 unspecified atom stereocenters. The molecule has 5 nitrogen and oxygen atoms in total. The summed E-state index contributed by atoms with van der Waals surface area (Å²) >= 11 is 19.0. The van der Waals surface area contributed by atoms with Gasteiger partial charge < -0.3 is 14.2 Å². The summed E-state index contributed by atoms with van der Waals surface area (Å²) in [6, 6.07) is 18.0. The van der Waals surface area contributed by atoms with E-state index in [1.165, 1.54) is 16.7 Å². The van der Waals surface area contributed by atoms with Crippen LogP contribution in [0.5, 0.6) is 17.2 Å². The smallest absolute Gasteiger partial charge is 0.270 e. The van der Waals surface area contributed by atoms with E-state index in [4.69, 9.17) is 49.6 Å². The van der Waals surface area contributed by atoms with Crippen LogP contribution in [0.15, 0.2) is 65.6 Å². The maximum atomic E-state index is 13.1. The highest BCUT2D eigenvalue weighted by atomic mass is 35.5. The Balaban J connectivity index is 1.54. The molecule has 1 aliphatic rings. The van der Waals surface area contributed by atoms with E-state index in [0.717, 1.165) is 11.1 Å². The van der Waals surface area contributed by atoms with Gasteiger partial charge in [-0.25, -0.2) is 0 Å². The Morgan fingerprint density at radius 1 is 1.00 bits per heavy atom. The van der Waals surface area contributed by atoms with Crippen molar-refractivity contribution in [3.8, 4) is 17.2 Å². The number of thiocarbonyl (C=S) groups is 1. The predicted octanol–water partition coefficient (Wildman–Crippen LogP) is 7.39. The van der Waals surface area contributed by atoms with E-state index in [1.807, 2.05) is 31.2 Å². The van der Waals surface area contributed by atoms with Crippen LogP contribution in [0.3, 0.4) is 0 Å². The van der Waals surface area contributed by atoms with Gasteiger partial charge >= 0.3 is 0 Å². The second-order valence-corrected chi connectivity index (χ2v) is 9.90. The minimum Gasteiger partial charge on any atom is -0.497 e. The first-order valence-corrected chi connectivity index (χ1v) is 12.6. The van der Waals surface area contributed by atoms with Gasteiger partial charge in [-0.1, -0.05) is 59.3 Å². The van der Waals surface area contributed by atoms with E-state index >= 15 is 0 Å². The molecule has 180 valence electrons. The van der Waals surface area contributed by atoms with Crippen LogP contribution in [0.1, 0.15) is 18.1 Å². The molecule has 0 atom stereocenters. The summed E-state index contributed by atoms with van der Waals surface area (Å²) in [5.41, 5.74) is 2.29. The van der Waals surface area contributed by atoms with E-state index in [-0.39, 0.29) is 12.5 Å². The molecular weight excluding hydrogens is 525 g/mol. The van der Waals surface area contributed by atoms with Crippen LogP contribution < -0.4 is 19.1 Å². The Morgan fingerprint density at radius 2 is 1.77 bits per heavy atom. The molecule has 9 heteroatoms. The molecule has 0 radical (unpaired) electrons. The number of methoxy groups -OCH3 is 1. The second kappa shape index (κ2) is 11.4. The Bertz CT molecular complexity index is 1300. The number of halogens is 2. The zero-order valence-electron chi connectivity index (χ0n) is 18.9. The number of benzene rings is 3. The molecule has 1 amide bonds. The fraction of sp³-hybridized carbons (Fsp3) is 0.154. The van der Waals surface area contributed by atoms with Crippen molar-refractivity contribution in [3.05, 3.63) is 86.7 Å². The Morgan fingerprint density at radius 3 is 2.46 bits per heavy atom. The number of carbonyl (C=O) groups excluding carboxylic acids is 1. The third-order valence-electron chi connectivity index (χ3n) is 5.09. The minimum atomic E-state index is -0.180. The number of hydrogen-bond acceptors (Lipinski definition) is 6. The average Bonchev–Trinajstić information content (AvgIpc) is 3.12. The van der Waals surface area contributed by atoms with Gasteiger partial charge in [0.1, 0.15) is 12.4 Å². The summed E-state index contributed by atoms with van der Waals surface area (Å²) in [6.07, 6.45) is 1.80. The summed E-state index contributed by atoms with van der Waals surface area (Å²) in [7, 11) is 1.59. The highest BCUT2D eigenvalue weighted by Gasteiger charge is 2.33. The maximum Gasteiger partial charge on any atom is 0.270 e. The van der Waals surface area contributed by atoms with Gasteiger partial charge in [-0.05, 0) is 67.1 Å². The van der Waals surface area contributed by atoms with Crippen molar-refractivity contribution < 1.29 is 19.0 Å². The number of hydrogen-bond donors (Lipinski definition) is 0. The largest absolute Gasteiger partial charge is 0.497 e. The molecule has 0 N–H and O–H groups in total. The molecule has 0 aromatic heterocycles.